The first-order valence-corrected chi connectivity index (χ1v) is 3.24. The molecule has 0 amide bonds. The maximum absolute atomic E-state index is 10.2. The second kappa shape index (κ2) is 3.52. The van der Waals surface area contributed by atoms with Gasteiger partial charge in [-0.2, -0.15) is 0 Å². The standard InChI is InChI=1S/C8H7NO3/c10-7(8(11)12)5-6-1-3-9-4-2-6/h1-5,10H,(H,11,12)/b7-5+. The molecule has 1 rings (SSSR count). The molecule has 0 aliphatic carbocycles. The number of aromatic nitrogens is 1. The van der Waals surface area contributed by atoms with Gasteiger partial charge in [-0.25, -0.2) is 4.79 Å². The lowest BCUT2D eigenvalue weighted by atomic mass is 10.2. The molecule has 0 fully saturated rings. The summed E-state index contributed by atoms with van der Waals surface area (Å²) < 4.78 is 0. The average molecular weight is 165 g/mol. The number of rotatable bonds is 2. The van der Waals surface area contributed by atoms with Crippen LogP contribution in [-0.2, 0) is 4.79 Å². The molecule has 1 aromatic rings. The highest BCUT2D eigenvalue weighted by molar-refractivity contribution is 5.89. The molecule has 0 atom stereocenters. The van der Waals surface area contributed by atoms with E-state index >= 15 is 0 Å². The van der Waals surface area contributed by atoms with E-state index in [1.807, 2.05) is 0 Å². The fraction of sp³-hybridized carbons (Fsp3) is 0. The predicted octanol–water partition coefficient (Wildman–Crippen LogP) is 1.07. The number of aliphatic carboxylic acids is 1. The maximum atomic E-state index is 10.2. The number of carboxylic acids is 1. The number of aliphatic hydroxyl groups excluding tert-OH is 1. The Morgan fingerprint density at radius 3 is 2.42 bits per heavy atom. The number of pyridine rings is 1. The summed E-state index contributed by atoms with van der Waals surface area (Å²) in [5.74, 6) is -2.02. The Bertz CT molecular complexity index is 305. The molecule has 0 aliphatic rings. The smallest absolute Gasteiger partial charge is 0.370 e. The number of carboxylic acid groups (broad SMARTS) is 1. The summed E-state index contributed by atoms with van der Waals surface area (Å²) in [6.07, 6.45) is 4.19. The van der Waals surface area contributed by atoms with Gasteiger partial charge in [-0.1, -0.05) is 0 Å². The SMILES string of the molecule is O=C(O)/C(O)=C\c1ccncc1. The molecular formula is C8H7NO3. The fourth-order valence-corrected chi connectivity index (χ4v) is 0.679. The van der Waals surface area contributed by atoms with Crippen LogP contribution in [0.15, 0.2) is 30.3 Å². The zero-order chi connectivity index (χ0) is 8.97. The van der Waals surface area contributed by atoms with Crippen LogP contribution in [0.25, 0.3) is 6.08 Å². The third-order valence-electron chi connectivity index (χ3n) is 1.23. The zero-order valence-electron chi connectivity index (χ0n) is 6.14. The highest BCUT2D eigenvalue weighted by atomic mass is 16.4. The maximum Gasteiger partial charge on any atom is 0.370 e. The van der Waals surface area contributed by atoms with E-state index in [2.05, 4.69) is 4.98 Å². The third-order valence-corrected chi connectivity index (χ3v) is 1.23. The first-order chi connectivity index (χ1) is 5.70. The van der Waals surface area contributed by atoms with Crippen LogP contribution in [0.5, 0.6) is 0 Å². The molecule has 0 unspecified atom stereocenters. The molecule has 12 heavy (non-hydrogen) atoms. The van der Waals surface area contributed by atoms with E-state index in [1.54, 1.807) is 12.1 Å². The molecule has 0 saturated heterocycles. The monoisotopic (exact) mass is 165 g/mol. The minimum atomic E-state index is -1.34. The lowest BCUT2D eigenvalue weighted by Crippen LogP contribution is -1.98. The number of carbonyl (C=O) groups is 1. The van der Waals surface area contributed by atoms with Gasteiger partial charge in [0.05, 0.1) is 0 Å². The van der Waals surface area contributed by atoms with Crippen molar-refractivity contribution < 1.29 is 15.0 Å². The summed E-state index contributed by atoms with van der Waals surface area (Å²) in [6, 6.07) is 3.19. The van der Waals surface area contributed by atoms with Crippen molar-refractivity contribution in [3.8, 4) is 0 Å². The topological polar surface area (TPSA) is 70.4 Å². The highest BCUT2D eigenvalue weighted by Crippen LogP contribution is 2.02. The lowest BCUT2D eigenvalue weighted by molar-refractivity contribution is -0.135. The third kappa shape index (κ3) is 2.09. The quantitative estimate of drug-likeness (QED) is 0.507. The van der Waals surface area contributed by atoms with Gasteiger partial charge in [0.15, 0.2) is 0 Å². The second-order valence-electron chi connectivity index (χ2n) is 2.12. The summed E-state index contributed by atoms with van der Waals surface area (Å²) in [7, 11) is 0. The Balaban J connectivity index is 2.89. The van der Waals surface area contributed by atoms with E-state index in [1.165, 1.54) is 12.4 Å². The van der Waals surface area contributed by atoms with Gasteiger partial charge in [-0.15, -0.1) is 0 Å². The molecule has 0 radical (unpaired) electrons. The Hall–Kier alpha value is -1.84. The van der Waals surface area contributed by atoms with E-state index in [9.17, 15) is 4.79 Å². The minimum absolute atomic E-state index is 0.602. The highest BCUT2D eigenvalue weighted by Gasteiger charge is 2.02. The van der Waals surface area contributed by atoms with Crippen LogP contribution in [0.3, 0.4) is 0 Å². The van der Waals surface area contributed by atoms with Gasteiger partial charge in [0.2, 0.25) is 5.76 Å². The molecule has 0 saturated carbocycles. The largest absolute Gasteiger partial charge is 0.502 e. The first kappa shape index (κ1) is 8.26. The Morgan fingerprint density at radius 1 is 1.33 bits per heavy atom. The number of hydrogen-bond acceptors (Lipinski definition) is 3. The fourth-order valence-electron chi connectivity index (χ4n) is 0.679. The van der Waals surface area contributed by atoms with Crippen LogP contribution in [0, 0.1) is 0 Å². The van der Waals surface area contributed by atoms with Gasteiger partial charge in [-0.05, 0) is 23.8 Å². The van der Waals surface area contributed by atoms with Crippen molar-refractivity contribution in [2.75, 3.05) is 0 Å². The Labute approximate surface area is 68.8 Å². The normalized spacial score (nSPS) is 11.2. The average Bonchev–Trinajstić information content (AvgIpc) is 2.06. The van der Waals surface area contributed by atoms with E-state index in [-0.39, 0.29) is 0 Å². The summed E-state index contributed by atoms with van der Waals surface area (Å²) in [4.78, 5) is 13.9. The van der Waals surface area contributed by atoms with E-state index < -0.39 is 11.7 Å². The molecule has 4 nitrogen and oxygen atoms in total. The zero-order valence-corrected chi connectivity index (χ0v) is 6.14. The molecule has 1 heterocycles. The van der Waals surface area contributed by atoms with Crippen LogP contribution in [0.1, 0.15) is 5.56 Å². The van der Waals surface area contributed by atoms with E-state index in [0.717, 1.165) is 6.08 Å². The van der Waals surface area contributed by atoms with Crippen molar-refractivity contribution in [2.24, 2.45) is 0 Å². The van der Waals surface area contributed by atoms with Crippen LogP contribution in [0.2, 0.25) is 0 Å². The van der Waals surface area contributed by atoms with Crippen molar-refractivity contribution in [1.82, 2.24) is 4.98 Å². The molecule has 0 aliphatic heterocycles. The summed E-state index contributed by atoms with van der Waals surface area (Å²) in [5.41, 5.74) is 0.602. The number of hydrogen-bond donors (Lipinski definition) is 2. The van der Waals surface area contributed by atoms with Gasteiger partial charge in [-0.3, -0.25) is 4.98 Å². The number of nitrogens with zero attached hydrogens (tertiary/aromatic N) is 1. The van der Waals surface area contributed by atoms with Gasteiger partial charge in [0, 0.05) is 12.4 Å². The van der Waals surface area contributed by atoms with Gasteiger partial charge in [0.1, 0.15) is 0 Å². The van der Waals surface area contributed by atoms with Crippen molar-refractivity contribution in [2.45, 2.75) is 0 Å². The molecular weight excluding hydrogens is 158 g/mol. The van der Waals surface area contributed by atoms with Crippen LogP contribution in [0.4, 0.5) is 0 Å². The summed E-state index contributed by atoms with van der Waals surface area (Å²) in [5, 5.41) is 17.1. The van der Waals surface area contributed by atoms with Crippen LogP contribution < -0.4 is 0 Å². The second-order valence-corrected chi connectivity index (χ2v) is 2.12. The van der Waals surface area contributed by atoms with Crippen molar-refractivity contribution in [3.05, 3.63) is 35.8 Å². The summed E-state index contributed by atoms with van der Waals surface area (Å²) >= 11 is 0. The predicted molar refractivity (Wildman–Crippen MR) is 42.5 cm³/mol. The van der Waals surface area contributed by atoms with E-state index in [4.69, 9.17) is 10.2 Å². The van der Waals surface area contributed by atoms with Crippen molar-refractivity contribution in [3.63, 3.8) is 0 Å². The first-order valence-electron chi connectivity index (χ1n) is 3.24. The van der Waals surface area contributed by atoms with Crippen molar-refractivity contribution >= 4 is 12.0 Å². The molecule has 0 aromatic carbocycles. The molecule has 2 N–H and O–H groups in total. The number of aliphatic hydroxyl groups is 1. The van der Waals surface area contributed by atoms with E-state index in [0.29, 0.717) is 5.56 Å². The lowest BCUT2D eigenvalue weighted by Gasteiger charge is -1.92. The molecule has 62 valence electrons. The van der Waals surface area contributed by atoms with Crippen molar-refractivity contribution in [1.29, 1.82) is 0 Å². The van der Waals surface area contributed by atoms with Gasteiger partial charge >= 0.3 is 5.97 Å². The summed E-state index contributed by atoms with van der Waals surface area (Å²) in [6.45, 7) is 0. The molecule has 0 spiro atoms. The van der Waals surface area contributed by atoms with Crippen LogP contribution >= 0.6 is 0 Å². The Morgan fingerprint density at radius 2 is 1.92 bits per heavy atom. The molecule has 1 aromatic heterocycles. The Kier molecular flexibility index (Phi) is 2.42. The van der Waals surface area contributed by atoms with Crippen LogP contribution in [-0.4, -0.2) is 21.2 Å². The molecule has 4 heteroatoms. The minimum Gasteiger partial charge on any atom is -0.502 e. The van der Waals surface area contributed by atoms with Gasteiger partial charge in [0.25, 0.3) is 0 Å². The van der Waals surface area contributed by atoms with Gasteiger partial charge < -0.3 is 10.2 Å². The molecule has 0 bridgehead atoms.